The van der Waals surface area contributed by atoms with Gasteiger partial charge in [-0.05, 0) is 25.0 Å². The molecule has 0 bridgehead atoms. The van der Waals surface area contributed by atoms with Crippen LogP contribution >= 0.6 is 11.3 Å². The van der Waals surface area contributed by atoms with Crippen molar-refractivity contribution in [2.75, 3.05) is 0 Å². The minimum absolute atomic E-state index is 0.843. The average molecular weight is 199 g/mol. The molecule has 0 spiro atoms. The monoisotopic (exact) mass is 199 g/mol. The Bertz CT molecular complexity index is 457. The maximum absolute atomic E-state index is 4.09. The van der Waals surface area contributed by atoms with E-state index in [0.717, 1.165) is 11.3 Å². The van der Waals surface area contributed by atoms with Crippen LogP contribution in [0.25, 0.3) is 0 Å². The first-order valence-electron chi connectivity index (χ1n) is 4.31. The molecule has 1 aromatic carbocycles. The minimum atomic E-state index is 0.843. The number of hydrogen-bond donors (Lipinski definition) is 0. The molecule has 0 atom stereocenters. The van der Waals surface area contributed by atoms with Gasteiger partial charge in [-0.3, -0.25) is 0 Å². The van der Waals surface area contributed by atoms with Crippen molar-refractivity contribution in [3.63, 3.8) is 0 Å². The minimum Gasteiger partial charge on any atom is -0.236 e. The topological polar surface area (TPSA) is 12.9 Å². The molecule has 68 valence electrons. The molecule has 14 heavy (non-hydrogen) atoms. The summed E-state index contributed by atoms with van der Waals surface area (Å²) in [6.07, 6.45) is 0. The Labute approximate surface area is 87.4 Å². The summed E-state index contributed by atoms with van der Waals surface area (Å²) in [7, 11) is 0. The van der Waals surface area contributed by atoms with E-state index in [2.05, 4.69) is 35.9 Å². The zero-order chi connectivity index (χ0) is 9.80. The third kappa shape index (κ3) is 2.21. The van der Waals surface area contributed by atoms with E-state index in [1.807, 2.05) is 17.5 Å². The van der Waals surface area contributed by atoms with Gasteiger partial charge < -0.3 is 0 Å². The van der Waals surface area contributed by atoms with Gasteiger partial charge in [0.05, 0.1) is 5.51 Å². The highest BCUT2D eigenvalue weighted by atomic mass is 32.1. The van der Waals surface area contributed by atoms with E-state index >= 15 is 0 Å². The first-order valence-corrected chi connectivity index (χ1v) is 5.26. The van der Waals surface area contributed by atoms with Gasteiger partial charge in [-0.15, -0.1) is 11.3 Å². The molecule has 0 aliphatic heterocycles. The number of aryl methyl sites for hydroxylation is 1. The van der Waals surface area contributed by atoms with Crippen LogP contribution in [-0.4, -0.2) is 4.98 Å². The molecule has 0 unspecified atom stereocenters. The Balaban J connectivity index is 2.22. The third-order valence-corrected chi connectivity index (χ3v) is 2.41. The average Bonchev–Trinajstić information content (AvgIpc) is 2.70. The largest absolute Gasteiger partial charge is 0.236 e. The number of rotatable bonds is 0. The molecule has 1 heterocycles. The molecular formula is C12H9NS. The molecule has 1 nitrogen and oxygen atoms in total. The fourth-order valence-electron chi connectivity index (χ4n) is 1.05. The third-order valence-electron chi connectivity index (χ3n) is 1.82. The van der Waals surface area contributed by atoms with Crippen LogP contribution in [0, 0.1) is 18.8 Å². The molecule has 2 aromatic rings. The van der Waals surface area contributed by atoms with Crippen molar-refractivity contribution in [2.45, 2.75) is 6.92 Å². The lowest BCUT2D eigenvalue weighted by Gasteiger charge is -1.90. The van der Waals surface area contributed by atoms with E-state index in [1.54, 1.807) is 16.8 Å². The number of nitrogens with zero attached hydrogens (tertiary/aromatic N) is 1. The summed E-state index contributed by atoms with van der Waals surface area (Å²) >= 11 is 1.56. The van der Waals surface area contributed by atoms with E-state index in [4.69, 9.17) is 0 Å². The van der Waals surface area contributed by atoms with Gasteiger partial charge in [0.15, 0.2) is 0 Å². The summed E-state index contributed by atoms with van der Waals surface area (Å²) in [6, 6.07) is 8.17. The summed E-state index contributed by atoms with van der Waals surface area (Å²) in [5.74, 6) is 6.08. The zero-order valence-corrected chi connectivity index (χ0v) is 8.64. The van der Waals surface area contributed by atoms with Crippen molar-refractivity contribution >= 4 is 11.3 Å². The second-order valence-corrected chi connectivity index (χ2v) is 3.71. The lowest BCUT2D eigenvalue weighted by atomic mass is 10.1. The highest BCUT2D eigenvalue weighted by Crippen LogP contribution is 2.02. The van der Waals surface area contributed by atoms with Crippen molar-refractivity contribution in [3.8, 4) is 11.8 Å². The summed E-state index contributed by atoms with van der Waals surface area (Å²) in [5, 5.41) is 1.95. The summed E-state index contributed by atoms with van der Waals surface area (Å²) < 4.78 is 0. The van der Waals surface area contributed by atoms with Crippen molar-refractivity contribution in [1.82, 2.24) is 4.98 Å². The van der Waals surface area contributed by atoms with Crippen LogP contribution in [0.5, 0.6) is 0 Å². The molecule has 0 N–H and O–H groups in total. The van der Waals surface area contributed by atoms with Gasteiger partial charge in [0.25, 0.3) is 0 Å². The van der Waals surface area contributed by atoms with Crippen LogP contribution in [0.2, 0.25) is 0 Å². The molecule has 0 saturated heterocycles. The van der Waals surface area contributed by atoms with Crippen LogP contribution in [0.3, 0.4) is 0 Å². The van der Waals surface area contributed by atoms with Gasteiger partial charge in [-0.2, -0.15) is 0 Å². The van der Waals surface area contributed by atoms with Gasteiger partial charge in [-0.25, -0.2) is 4.98 Å². The lowest BCUT2D eigenvalue weighted by Crippen LogP contribution is -1.76. The number of hydrogen-bond acceptors (Lipinski definition) is 2. The van der Waals surface area contributed by atoms with E-state index < -0.39 is 0 Å². The Kier molecular flexibility index (Phi) is 2.62. The molecule has 0 saturated carbocycles. The van der Waals surface area contributed by atoms with Crippen LogP contribution < -0.4 is 0 Å². The maximum atomic E-state index is 4.09. The molecule has 1 aromatic heterocycles. The standard InChI is InChI=1S/C12H9NS/c1-10-2-4-11(5-3-10)6-7-12-8-14-9-13-12/h2-5,8-9H,1H3. The van der Waals surface area contributed by atoms with Crippen LogP contribution in [0.4, 0.5) is 0 Å². The number of benzene rings is 1. The zero-order valence-electron chi connectivity index (χ0n) is 7.82. The predicted octanol–water partition coefficient (Wildman–Crippen LogP) is 2.85. The summed E-state index contributed by atoms with van der Waals surface area (Å²) in [5.41, 5.74) is 4.92. The lowest BCUT2D eigenvalue weighted by molar-refractivity contribution is 1.37. The summed E-state index contributed by atoms with van der Waals surface area (Å²) in [4.78, 5) is 4.09. The number of thiazole rings is 1. The maximum Gasteiger partial charge on any atom is 0.124 e. The van der Waals surface area contributed by atoms with Crippen LogP contribution in [-0.2, 0) is 0 Å². The molecular weight excluding hydrogens is 190 g/mol. The second-order valence-electron chi connectivity index (χ2n) is 2.99. The van der Waals surface area contributed by atoms with Crippen molar-refractivity contribution in [3.05, 3.63) is 52.0 Å². The molecule has 2 rings (SSSR count). The molecule has 0 aliphatic carbocycles. The van der Waals surface area contributed by atoms with E-state index in [0.29, 0.717) is 0 Å². The molecule has 0 radical (unpaired) electrons. The van der Waals surface area contributed by atoms with Crippen LogP contribution in [0.1, 0.15) is 16.8 Å². The SMILES string of the molecule is Cc1ccc(C#Cc2cscn2)cc1. The van der Waals surface area contributed by atoms with E-state index in [-0.39, 0.29) is 0 Å². The van der Waals surface area contributed by atoms with Gasteiger partial charge in [0, 0.05) is 10.9 Å². The highest BCUT2D eigenvalue weighted by molar-refractivity contribution is 7.07. The fourth-order valence-corrected chi connectivity index (χ4v) is 1.53. The predicted molar refractivity (Wildman–Crippen MR) is 59.3 cm³/mol. The van der Waals surface area contributed by atoms with Gasteiger partial charge in [-0.1, -0.05) is 23.6 Å². The second kappa shape index (κ2) is 4.08. The van der Waals surface area contributed by atoms with E-state index in [9.17, 15) is 0 Å². The van der Waals surface area contributed by atoms with Gasteiger partial charge in [0.1, 0.15) is 5.69 Å². The highest BCUT2D eigenvalue weighted by Gasteiger charge is 1.88. The van der Waals surface area contributed by atoms with Gasteiger partial charge >= 0.3 is 0 Å². The molecule has 0 fully saturated rings. The summed E-state index contributed by atoms with van der Waals surface area (Å²) in [6.45, 7) is 2.07. The number of aromatic nitrogens is 1. The Morgan fingerprint density at radius 2 is 1.93 bits per heavy atom. The molecule has 0 aliphatic rings. The van der Waals surface area contributed by atoms with Crippen molar-refractivity contribution in [2.24, 2.45) is 0 Å². The van der Waals surface area contributed by atoms with Crippen LogP contribution in [0.15, 0.2) is 35.2 Å². The van der Waals surface area contributed by atoms with Crippen molar-refractivity contribution < 1.29 is 0 Å². The fraction of sp³-hybridized carbons (Fsp3) is 0.0833. The quantitative estimate of drug-likeness (QED) is 0.594. The van der Waals surface area contributed by atoms with E-state index in [1.165, 1.54) is 5.56 Å². The Hall–Kier alpha value is -1.59. The smallest absolute Gasteiger partial charge is 0.124 e. The Morgan fingerprint density at radius 1 is 1.14 bits per heavy atom. The first kappa shape index (κ1) is 8.98. The molecule has 2 heteroatoms. The Morgan fingerprint density at radius 3 is 2.57 bits per heavy atom. The normalized spacial score (nSPS) is 9.21. The molecule has 0 amide bonds. The van der Waals surface area contributed by atoms with Crippen molar-refractivity contribution in [1.29, 1.82) is 0 Å². The first-order chi connectivity index (χ1) is 6.84. The van der Waals surface area contributed by atoms with Gasteiger partial charge in [0.2, 0.25) is 0 Å².